The summed E-state index contributed by atoms with van der Waals surface area (Å²) in [5, 5.41) is 0. The van der Waals surface area contributed by atoms with Crippen LogP contribution in [0.25, 0.3) is 0 Å². The number of rotatable bonds is 4. The van der Waals surface area contributed by atoms with Crippen LogP contribution in [0.1, 0.15) is 28.4 Å². The van der Waals surface area contributed by atoms with Crippen LogP contribution < -0.4 is 9.64 Å². The number of anilines is 1. The summed E-state index contributed by atoms with van der Waals surface area (Å²) in [6, 6.07) is 16.1. The van der Waals surface area contributed by atoms with Crippen LogP contribution in [0, 0.1) is 0 Å². The maximum Gasteiger partial charge on any atom is 0.256 e. The number of benzene rings is 2. The van der Waals surface area contributed by atoms with E-state index in [2.05, 4.69) is 11.0 Å². The maximum absolute atomic E-state index is 13.3. The minimum Gasteiger partial charge on any atom is -0.497 e. The third kappa shape index (κ3) is 3.15. The number of hydrogen-bond donors (Lipinski definition) is 0. The highest BCUT2D eigenvalue weighted by atomic mass is 16.5. The van der Waals surface area contributed by atoms with E-state index in [4.69, 9.17) is 9.47 Å². The van der Waals surface area contributed by atoms with E-state index in [0.717, 1.165) is 48.6 Å². The second-order valence-corrected chi connectivity index (χ2v) is 6.70. The molecule has 5 nitrogen and oxygen atoms in total. The number of likely N-dealkylation sites (tertiary alicyclic amines) is 1. The maximum atomic E-state index is 13.3. The fourth-order valence-corrected chi connectivity index (χ4v) is 3.71. The zero-order chi connectivity index (χ0) is 17.9. The quantitative estimate of drug-likeness (QED) is 0.848. The Morgan fingerprint density at radius 2 is 1.88 bits per heavy atom. The van der Waals surface area contributed by atoms with Crippen molar-refractivity contribution in [1.29, 1.82) is 0 Å². The van der Waals surface area contributed by atoms with Crippen LogP contribution in [0.2, 0.25) is 0 Å². The van der Waals surface area contributed by atoms with Gasteiger partial charge in [-0.2, -0.15) is 0 Å². The number of carbonyl (C=O) groups excluding carboxylic acids is 1. The molecule has 5 heteroatoms. The fourth-order valence-electron chi connectivity index (χ4n) is 3.71. The first-order valence-corrected chi connectivity index (χ1v) is 9.14. The lowest BCUT2D eigenvalue weighted by Gasteiger charge is -2.42. The van der Waals surface area contributed by atoms with E-state index in [-0.39, 0.29) is 11.9 Å². The first-order chi connectivity index (χ1) is 12.8. The lowest BCUT2D eigenvalue weighted by atomic mass is 9.93. The Hall–Kier alpha value is -2.53. The number of methoxy groups -OCH3 is 1. The number of para-hydroxylation sites is 1. The lowest BCUT2D eigenvalue weighted by Crippen LogP contribution is -2.46. The van der Waals surface area contributed by atoms with Gasteiger partial charge in [0.1, 0.15) is 5.75 Å². The number of amides is 1. The van der Waals surface area contributed by atoms with Crippen molar-refractivity contribution in [3.63, 3.8) is 0 Å². The molecule has 4 rings (SSSR count). The largest absolute Gasteiger partial charge is 0.497 e. The summed E-state index contributed by atoms with van der Waals surface area (Å²) >= 11 is 0. The first kappa shape index (κ1) is 16.9. The molecule has 2 aromatic rings. The van der Waals surface area contributed by atoms with Crippen molar-refractivity contribution < 1.29 is 14.3 Å². The van der Waals surface area contributed by atoms with E-state index in [1.807, 2.05) is 47.4 Å². The smallest absolute Gasteiger partial charge is 0.256 e. The van der Waals surface area contributed by atoms with Crippen molar-refractivity contribution in [2.24, 2.45) is 0 Å². The van der Waals surface area contributed by atoms with Gasteiger partial charge in [0.15, 0.2) is 0 Å². The minimum absolute atomic E-state index is 0.103. The van der Waals surface area contributed by atoms with Crippen molar-refractivity contribution in [3.05, 3.63) is 59.7 Å². The van der Waals surface area contributed by atoms with Crippen molar-refractivity contribution in [3.8, 4) is 5.75 Å². The van der Waals surface area contributed by atoms with Gasteiger partial charge in [0.25, 0.3) is 5.91 Å². The van der Waals surface area contributed by atoms with Gasteiger partial charge < -0.3 is 19.3 Å². The monoisotopic (exact) mass is 352 g/mol. The van der Waals surface area contributed by atoms with Gasteiger partial charge in [-0.1, -0.05) is 24.3 Å². The normalized spacial score (nSPS) is 19.8. The molecule has 0 radical (unpaired) electrons. The van der Waals surface area contributed by atoms with Gasteiger partial charge in [-0.15, -0.1) is 0 Å². The van der Waals surface area contributed by atoms with Gasteiger partial charge in [-0.05, 0) is 36.2 Å². The van der Waals surface area contributed by atoms with Crippen molar-refractivity contribution in [1.82, 2.24) is 4.90 Å². The summed E-state index contributed by atoms with van der Waals surface area (Å²) in [7, 11) is 1.67. The van der Waals surface area contributed by atoms with Gasteiger partial charge in [0.2, 0.25) is 0 Å². The Morgan fingerprint density at radius 1 is 1.08 bits per heavy atom. The molecule has 2 heterocycles. The van der Waals surface area contributed by atoms with E-state index in [1.54, 1.807) is 7.11 Å². The van der Waals surface area contributed by atoms with Gasteiger partial charge in [-0.25, -0.2) is 0 Å². The van der Waals surface area contributed by atoms with Gasteiger partial charge in [0, 0.05) is 25.3 Å². The topological polar surface area (TPSA) is 42.0 Å². The van der Waals surface area contributed by atoms with Crippen LogP contribution in [0.3, 0.4) is 0 Å². The zero-order valence-corrected chi connectivity index (χ0v) is 15.1. The number of ether oxygens (including phenoxy) is 2. The molecule has 1 amide bonds. The average molecular weight is 352 g/mol. The highest BCUT2D eigenvalue weighted by Crippen LogP contribution is 2.37. The van der Waals surface area contributed by atoms with Crippen molar-refractivity contribution in [2.75, 3.05) is 44.9 Å². The predicted octanol–water partition coefficient (Wildman–Crippen LogP) is 3.12. The SMILES string of the molecule is COc1cccc(C2CCN2C(=O)c2ccccc2N2CCOCC2)c1. The average Bonchev–Trinajstić information content (AvgIpc) is 2.68. The Bertz CT molecular complexity index is 786. The highest BCUT2D eigenvalue weighted by Gasteiger charge is 2.35. The summed E-state index contributed by atoms with van der Waals surface area (Å²) in [6.07, 6.45) is 0.985. The molecule has 136 valence electrons. The number of nitrogens with zero attached hydrogens (tertiary/aromatic N) is 2. The van der Waals surface area contributed by atoms with Gasteiger partial charge in [0.05, 0.1) is 31.9 Å². The molecule has 2 aliphatic rings. The minimum atomic E-state index is 0.103. The Morgan fingerprint density at radius 3 is 2.62 bits per heavy atom. The molecule has 0 spiro atoms. The van der Waals surface area contributed by atoms with E-state index >= 15 is 0 Å². The van der Waals surface area contributed by atoms with E-state index < -0.39 is 0 Å². The number of hydrogen-bond acceptors (Lipinski definition) is 4. The molecule has 0 aromatic heterocycles. The van der Waals surface area contributed by atoms with Crippen molar-refractivity contribution in [2.45, 2.75) is 12.5 Å². The summed E-state index contributed by atoms with van der Waals surface area (Å²) in [4.78, 5) is 17.5. The first-order valence-electron chi connectivity index (χ1n) is 9.14. The van der Waals surface area contributed by atoms with Crippen molar-refractivity contribution >= 4 is 11.6 Å². The summed E-state index contributed by atoms with van der Waals surface area (Å²) in [6.45, 7) is 3.85. The Balaban J connectivity index is 1.58. The number of carbonyl (C=O) groups is 1. The molecule has 2 saturated heterocycles. The third-order valence-electron chi connectivity index (χ3n) is 5.25. The molecular formula is C21H24N2O3. The Kier molecular flexibility index (Phi) is 4.80. The lowest BCUT2D eigenvalue weighted by molar-refractivity contribution is 0.0460. The molecule has 2 aromatic carbocycles. The van der Waals surface area contributed by atoms with Crippen LogP contribution in [0.5, 0.6) is 5.75 Å². The second kappa shape index (κ2) is 7.38. The van der Waals surface area contributed by atoms with Gasteiger partial charge >= 0.3 is 0 Å². The molecule has 0 aliphatic carbocycles. The molecule has 0 saturated carbocycles. The molecule has 2 aliphatic heterocycles. The van der Waals surface area contributed by atoms with E-state index in [1.165, 1.54) is 0 Å². The standard InChI is InChI=1S/C21H24N2O3/c1-25-17-6-4-5-16(15-17)19-9-10-23(19)21(24)18-7-2-3-8-20(18)22-11-13-26-14-12-22/h2-8,15,19H,9-14H2,1H3. The second-order valence-electron chi connectivity index (χ2n) is 6.70. The molecule has 2 fully saturated rings. The predicted molar refractivity (Wildman–Crippen MR) is 101 cm³/mol. The van der Waals surface area contributed by atoms with E-state index in [0.29, 0.717) is 13.2 Å². The van der Waals surface area contributed by atoms with Crippen LogP contribution in [-0.4, -0.2) is 50.8 Å². The third-order valence-corrected chi connectivity index (χ3v) is 5.25. The van der Waals surface area contributed by atoms with Crippen LogP contribution in [0.4, 0.5) is 5.69 Å². The van der Waals surface area contributed by atoms with Crippen LogP contribution >= 0.6 is 0 Å². The molecule has 0 N–H and O–H groups in total. The molecular weight excluding hydrogens is 328 g/mol. The van der Waals surface area contributed by atoms with Gasteiger partial charge in [-0.3, -0.25) is 4.79 Å². The van der Waals surface area contributed by atoms with Crippen LogP contribution in [-0.2, 0) is 4.74 Å². The fraction of sp³-hybridized carbons (Fsp3) is 0.381. The highest BCUT2D eigenvalue weighted by molar-refractivity contribution is 6.00. The summed E-state index contributed by atoms with van der Waals surface area (Å²) < 4.78 is 10.8. The molecule has 0 bridgehead atoms. The Labute approximate surface area is 154 Å². The zero-order valence-electron chi connectivity index (χ0n) is 15.1. The molecule has 1 atom stereocenters. The molecule has 26 heavy (non-hydrogen) atoms. The van der Waals surface area contributed by atoms with Crippen LogP contribution in [0.15, 0.2) is 48.5 Å². The van der Waals surface area contributed by atoms with E-state index in [9.17, 15) is 4.79 Å². The molecule has 1 unspecified atom stereocenters. The summed E-state index contributed by atoms with van der Waals surface area (Å²) in [5.41, 5.74) is 2.92. The number of morpholine rings is 1. The summed E-state index contributed by atoms with van der Waals surface area (Å²) in [5.74, 6) is 0.932.